The number of hydrogen-bond donors (Lipinski definition) is 1. The highest BCUT2D eigenvalue weighted by molar-refractivity contribution is 6.32. The topological polar surface area (TPSA) is 64.4 Å². The summed E-state index contributed by atoms with van der Waals surface area (Å²) in [6.07, 6.45) is 3.21. The Kier molecular flexibility index (Phi) is 4.36. The number of non-ortho nitro benzene ring substituents is 1. The van der Waals surface area contributed by atoms with Crippen molar-refractivity contribution in [3.63, 3.8) is 0 Å². The minimum Gasteiger partial charge on any atom is -0.484 e. The van der Waals surface area contributed by atoms with Crippen LogP contribution in [0.15, 0.2) is 42.5 Å². The van der Waals surface area contributed by atoms with Gasteiger partial charge in [-0.3, -0.25) is 10.1 Å². The normalized spacial score (nSPS) is 24.9. The van der Waals surface area contributed by atoms with Gasteiger partial charge in [-0.25, -0.2) is 0 Å². The number of nitro groups is 1. The molecular formula is C19H19ClN2O3. The fourth-order valence-electron chi connectivity index (χ4n) is 4.01. The second kappa shape index (κ2) is 6.65. The van der Waals surface area contributed by atoms with Crippen molar-refractivity contribution in [2.45, 2.75) is 31.4 Å². The zero-order chi connectivity index (χ0) is 17.4. The second-order valence-electron chi connectivity index (χ2n) is 6.68. The number of fused-ring (bicyclic) bond motifs is 1. The monoisotopic (exact) mass is 358 g/mol. The van der Waals surface area contributed by atoms with E-state index in [9.17, 15) is 10.1 Å². The van der Waals surface area contributed by atoms with Crippen molar-refractivity contribution in [2.75, 3.05) is 6.54 Å². The van der Waals surface area contributed by atoms with E-state index >= 15 is 0 Å². The molecule has 1 aliphatic heterocycles. The number of ether oxygens (including phenoxy) is 1. The Morgan fingerprint density at radius 2 is 2.08 bits per heavy atom. The maximum absolute atomic E-state index is 10.9. The molecule has 0 amide bonds. The summed E-state index contributed by atoms with van der Waals surface area (Å²) in [4.78, 5) is 10.4. The SMILES string of the molecule is O=[N+]([O-])c1ccc(OC2c3ccccc3CC2C2CCCN2)c(Cl)c1. The molecule has 1 fully saturated rings. The summed E-state index contributed by atoms with van der Waals surface area (Å²) in [7, 11) is 0. The Labute approximate surface area is 151 Å². The number of nitrogens with zero attached hydrogens (tertiary/aromatic N) is 1. The van der Waals surface area contributed by atoms with Gasteiger partial charge in [0.25, 0.3) is 5.69 Å². The first-order chi connectivity index (χ1) is 12.1. The van der Waals surface area contributed by atoms with Gasteiger partial charge in [0.05, 0.1) is 9.95 Å². The first-order valence-corrected chi connectivity index (χ1v) is 8.93. The van der Waals surface area contributed by atoms with Crippen molar-refractivity contribution in [2.24, 2.45) is 5.92 Å². The molecule has 2 aromatic carbocycles. The maximum atomic E-state index is 10.9. The van der Waals surface area contributed by atoms with E-state index in [4.69, 9.17) is 16.3 Å². The van der Waals surface area contributed by atoms with Crippen LogP contribution in [0.2, 0.25) is 5.02 Å². The molecular weight excluding hydrogens is 340 g/mol. The third kappa shape index (κ3) is 3.10. The van der Waals surface area contributed by atoms with Gasteiger partial charge in [-0.15, -0.1) is 0 Å². The van der Waals surface area contributed by atoms with E-state index < -0.39 is 4.92 Å². The Hall–Kier alpha value is -2.11. The van der Waals surface area contributed by atoms with Gasteiger partial charge in [0.2, 0.25) is 0 Å². The summed E-state index contributed by atoms with van der Waals surface area (Å²) in [5.74, 6) is 0.836. The number of nitro benzene ring substituents is 1. The molecule has 25 heavy (non-hydrogen) atoms. The molecule has 0 saturated carbocycles. The van der Waals surface area contributed by atoms with Crippen LogP contribution in [0, 0.1) is 16.0 Å². The zero-order valence-electron chi connectivity index (χ0n) is 13.7. The van der Waals surface area contributed by atoms with E-state index in [1.807, 2.05) is 6.07 Å². The lowest BCUT2D eigenvalue weighted by Crippen LogP contribution is -2.34. The Morgan fingerprint density at radius 1 is 1.24 bits per heavy atom. The van der Waals surface area contributed by atoms with Gasteiger partial charge in [-0.1, -0.05) is 35.9 Å². The van der Waals surface area contributed by atoms with Crippen LogP contribution in [0.25, 0.3) is 0 Å². The highest BCUT2D eigenvalue weighted by atomic mass is 35.5. The maximum Gasteiger partial charge on any atom is 0.271 e. The van der Waals surface area contributed by atoms with Crippen LogP contribution in [0.3, 0.4) is 0 Å². The number of nitrogens with one attached hydrogen (secondary N) is 1. The van der Waals surface area contributed by atoms with Crippen molar-refractivity contribution in [1.29, 1.82) is 0 Å². The molecule has 0 aromatic heterocycles. The first kappa shape index (κ1) is 16.4. The zero-order valence-corrected chi connectivity index (χ0v) is 14.4. The average molecular weight is 359 g/mol. The first-order valence-electron chi connectivity index (χ1n) is 8.55. The molecule has 1 aliphatic carbocycles. The van der Waals surface area contributed by atoms with Crippen LogP contribution in [0.1, 0.15) is 30.1 Å². The summed E-state index contributed by atoms with van der Waals surface area (Å²) in [5, 5.41) is 14.8. The van der Waals surface area contributed by atoms with E-state index in [1.54, 1.807) is 6.07 Å². The Balaban J connectivity index is 1.65. The van der Waals surface area contributed by atoms with Crippen molar-refractivity contribution in [3.05, 3.63) is 68.7 Å². The summed E-state index contributed by atoms with van der Waals surface area (Å²) >= 11 is 6.24. The molecule has 0 bridgehead atoms. The largest absolute Gasteiger partial charge is 0.484 e. The Bertz CT molecular complexity index is 805. The van der Waals surface area contributed by atoms with Crippen LogP contribution >= 0.6 is 11.6 Å². The molecule has 5 nitrogen and oxygen atoms in total. The number of benzene rings is 2. The highest BCUT2D eigenvalue weighted by Crippen LogP contribution is 2.44. The number of rotatable bonds is 4. The van der Waals surface area contributed by atoms with Gasteiger partial charge < -0.3 is 10.1 Å². The number of halogens is 1. The van der Waals surface area contributed by atoms with Crippen LogP contribution in [-0.4, -0.2) is 17.5 Å². The van der Waals surface area contributed by atoms with Crippen molar-refractivity contribution >= 4 is 17.3 Å². The van der Waals surface area contributed by atoms with Gasteiger partial charge in [0.15, 0.2) is 0 Å². The van der Waals surface area contributed by atoms with Crippen LogP contribution in [0.5, 0.6) is 5.75 Å². The van der Waals surface area contributed by atoms with Crippen molar-refractivity contribution in [3.8, 4) is 5.75 Å². The molecule has 4 rings (SSSR count). The lowest BCUT2D eigenvalue weighted by atomic mass is 9.93. The second-order valence-corrected chi connectivity index (χ2v) is 7.09. The molecule has 1 heterocycles. The third-order valence-electron chi connectivity index (χ3n) is 5.20. The molecule has 0 radical (unpaired) electrons. The fraction of sp³-hybridized carbons (Fsp3) is 0.368. The summed E-state index contributed by atoms with van der Waals surface area (Å²) in [6.45, 7) is 1.04. The standard InChI is InChI=1S/C19H19ClN2O3/c20-16-11-13(22(23)24)7-8-18(16)25-19-14-5-2-1-4-12(14)10-15(19)17-6-3-9-21-17/h1-2,4-5,7-8,11,15,17,19,21H,3,6,9-10H2. The summed E-state index contributed by atoms with van der Waals surface area (Å²) < 4.78 is 6.30. The molecule has 3 atom stereocenters. The quantitative estimate of drug-likeness (QED) is 0.654. The minimum atomic E-state index is -0.453. The predicted octanol–water partition coefficient (Wildman–Crippen LogP) is 4.29. The van der Waals surface area contributed by atoms with E-state index in [2.05, 4.69) is 23.5 Å². The van der Waals surface area contributed by atoms with Crippen molar-refractivity contribution < 1.29 is 9.66 Å². The fourth-order valence-corrected chi connectivity index (χ4v) is 4.23. The molecule has 130 valence electrons. The van der Waals surface area contributed by atoms with Crippen LogP contribution in [0.4, 0.5) is 5.69 Å². The van der Waals surface area contributed by atoms with E-state index in [-0.39, 0.29) is 16.8 Å². The summed E-state index contributed by atoms with van der Waals surface area (Å²) in [6, 6.07) is 13.1. The molecule has 2 aromatic rings. The van der Waals surface area contributed by atoms with Crippen LogP contribution < -0.4 is 10.1 Å². The lowest BCUT2D eigenvalue weighted by molar-refractivity contribution is -0.384. The van der Waals surface area contributed by atoms with Gasteiger partial charge in [0, 0.05) is 24.1 Å². The molecule has 1 N–H and O–H groups in total. The van der Waals surface area contributed by atoms with Crippen molar-refractivity contribution in [1.82, 2.24) is 5.32 Å². The molecule has 0 spiro atoms. The lowest BCUT2D eigenvalue weighted by Gasteiger charge is -2.27. The van der Waals surface area contributed by atoms with Gasteiger partial charge >= 0.3 is 0 Å². The smallest absolute Gasteiger partial charge is 0.271 e. The number of hydrogen-bond acceptors (Lipinski definition) is 4. The molecule has 1 saturated heterocycles. The third-order valence-corrected chi connectivity index (χ3v) is 5.50. The average Bonchev–Trinajstić information content (AvgIpc) is 3.24. The summed E-state index contributed by atoms with van der Waals surface area (Å²) in [5.41, 5.74) is 2.47. The van der Waals surface area contributed by atoms with E-state index in [0.29, 0.717) is 17.7 Å². The molecule has 6 heteroatoms. The van der Waals surface area contributed by atoms with E-state index in [1.165, 1.54) is 29.7 Å². The van der Waals surface area contributed by atoms with E-state index in [0.717, 1.165) is 19.4 Å². The van der Waals surface area contributed by atoms with Gasteiger partial charge in [-0.05, 0) is 43.0 Å². The van der Waals surface area contributed by atoms with Gasteiger partial charge in [-0.2, -0.15) is 0 Å². The minimum absolute atomic E-state index is 0.0295. The molecule has 2 aliphatic rings. The van der Waals surface area contributed by atoms with Gasteiger partial charge in [0.1, 0.15) is 11.9 Å². The Morgan fingerprint density at radius 3 is 2.80 bits per heavy atom. The highest BCUT2D eigenvalue weighted by Gasteiger charge is 2.40. The predicted molar refractivity (Wildman–Crippen MR) is 96.1 cm³/mol. The molecule has 3 unspecified atom stereocenters. The van der Waals surface area contributed by atoms with Crippen LogP contribution in [-0.2, 0) is 6.42 Å².